The van der Waals surface area contributed by atoms with E-state index >= 15 is 0 Å². The third-order valence-electron chi connectivity index (χ3n) is 5.43. The van der Waals surface area contributed by atoms with Gasteiger partial charge in [0, 0.05) is 23.6 Å². The van der Waals surface area contributed by atoms with Crippen LogP contribution in [-0.4, -0.2) is 15.7 Å². The van der Waals surface area contributed by atoms with Crippen LogP contribution >= 0.6 is 0 Å². The number of ether oxygens (including phenoxy) is 2. The number of esters is 1. The smallest absolute Gasteiger partial charge is 0.416 e. The zero-order chi connectivity index (χ0) is 24.5. The molecule has 0 N–H and O–H groups in total. The number of carbonyl (C=O) groups is 1. The van der Waals surface area contributed by atoms with E-state index in [9.17, 15) is 18.0 Å². The lowest BCUT2D eigenvalue weighted by Crippen LogP contribution is -2.07. The molecule has 1 atom stereocenters. The van der Waals surface area contributed by atoms with E-state index in [0.29, 0.717) is 22.7 Å². The molecule has 0 spiro atoms. The van der Waals surface area contributed by atoms with Gasteiger partial charge in [0.05, 0.1) is 16.8 Å². The fourth-order valence-corrected chi connectivity index (χ4v) is 3.65. The number of carbonyl (C=O) groups excluding carboxylic acids is 1. The molecule has 0 aliphatic carbocycles. The Morgan fingerprint density at radius 2 is 1.85 bits per heavy atom. The second-order valence-corrected chi connectivity index (χ2v) is 7.92. The number of alkyl halides is 3. The monoisotopic (exact) mass is 468 g/mol. The van der Waals surface area contributed by atoms with Gasteiger partial charge >= 0.3 is 12.1 Å². The van der Waals surface area contributed by atoms with E-state index in [2.05, 4.69) is 5.10 Å². The van der Waals surface area contributed by atoms with E-state index in [1.807, 2.05) is 26.0 Å². The average Bonchev–Trinajstić information content (AvgIpc) is 3.24. The summed E-state index contributed by atoms with van der Waals surface area (Å²) in [5.74, 6) is 0.773. The lowest BCUT2D eigenvalue weighted by molar-refractivity contribution is -0.137. The van der Waals surface area contributed by atoms with Crippen LogP contribution in [0, 0.1) is 6.92 Å². The van der Waals surface area contributed by atoms with Gasteiger partial charge in [-0.1, -0.05) is 25.1 Å². The van der Waals surface area contributed by atoms with Crippen molar-refractivity contribution >= 4 is 16.9 Å². The van der Waals surface area contributed by atoms with Gasteiger partial charge in [0.15, 0.2) is 0 Å². The quantitative estimate of drug-likeness (QED) is 0.230. The summed E-state index contributed by atoms with van der Waals surface area (Å²) in [6, 6.07) is 15.8. The molecule has 0 saturated heterocycles. The standard InChI is InChI=1S/C26H23F3N2O3/c1-4-25(32)34-24-12-11-20(13-16(24)2)33-17(3)21-9-6-10-23-22(21)15-31(30-23)19-8-5-7-18(14-19)26(27,28)29/h5-15,17H,4H2,1-3H3. The number of benzene rings is 3. The first-order valence-electron chi connectivity index (χ1n) is 10.8. The molecule has 1 aromatic heterocycles. The summed E-state index contributed by atoms with van der Waals surface area (Å²) in [4.78, 5) is 11.6. The number of fused-ring (bicyclic) bond motifs is 1. The van der Waals surface area contributed by atoms with Gasteiger partial charge in [0.2, 0.25) is 0 Å². The van der Waals surface area contributed by atoms with Crippen molar-refractivity contribution in [2.24, 2.45) is 0 Å². The predicted octanol–water partition coefficient (Wildman–Crippen LogP) is 6.81. The largest absolute Gasteiger partial charge is 0.486 e. The highest BCUT2D eigenvalue weighted by Crippen LogP contribution is 2.33. The van der Waals surface area contributed by atoms with Crippen LogP contribution in [0.4, 0.5) is 13.2 Å². The third kappa shape index (κ3) is 4.90. The first-order chi connectivity index (χ1) is 16.2. The fraction of sp³-hybridized carbons (Fsp3) is 0.231. The minimum atomic E-state index is -4.43. The number of rotatable bonds is 6. The third-order valence-corrected chi connectivity index (χ3v) is 5.43. The second-order valence-electron chi connectivity index (χ2n) is 7.92. The van der Waals surface area contributed by atoms with Crippen LogP contribution < -0.4 is 9.47 Å². The van der Waals surface area contributed by atoms with Gasteiger partial charge < -0.3 is 9.47 Å². The van der Waals surface area contributed by atoms with E-state index in [0.717, 1.165) is 28.6 Å². The van der Waals surface area contributed by atoms with Crippen molar-refractivity contribution in [3.8, 4) is 17.2 Å². The maximum atomic E-state index is 13.1. The molecule has 0 fully saturated rings. The average molecular weight is 468 g/mol. The molecule has 0 aliphatic heterocycles. The molecule has 0 bridgehead atoms. The van der Waals surface area contributed by atoms with Crippen LogP contribution in [0.1, 0.15) is 43.1 Å². The maximum absolute atomic E-state index is 13.1. The molecule has 0 amide bonds. The zero-order valence-corrected chi connectivity index (χ0v) is 18.9. The number of aromatic nitrogens is 2. The number of halogens is 3. The van der Waals surface area contributed by atoms with Gasteiger partial charge in [-0.3, -0.25) is 4.79 Å². The van der Waals surface area contributed by atoms with E-state index in [-0.39, 0.29) is 18.5 Å². The lowest BCUT2D eigenvalue weighted by atomic mass is 10.1. The summed E-state index contributed by atoms with van der Waals surface area (Å²) in [5, 5.41) is 5.24. The summed E-state index contributed by atoms with van der Waals surface area (Å²) in [6.45, 7) is 5.44. The minimum Gasteiger partial charge on any atom is -0.486 e. The Morgan fingerprint density at radius 3 is 2.56 bits per heavy atom. The fourth-order valence-electron chi connectivity index (χ4n) is 3.65. The molecule has 8 heteroatoms. The molecule has 0 radical (unpaired) electrons. The predicted molar refractivity (Wildman–Crippen MR) is 122 cm³/mol. The van der Waals surface area contributed by atoms with Crippen molar-refractivity contribution in [1.82, 2.24) is 9.78 Å². The van der Waals surface area contributed by atoms with E-state index in [4.69, 9.17) is 9.47 Å². The van der Waals surface area contributed by atoms with Crippen molar-refractivity contribution in [2.45, 2.75) is 39.5 Å². The molecule has 34 heavy (non-hydrogen) atoms. The Morgan fingerprint density at radius 1 is 1.09 bits per heavy atom. The molecule has 5 nitrogen and oxygen atoms in total. The Balaban J connectivity index is 1.61. The summed E-state index contributed by atoms with van der Waals surface area (Å²) in [5.41, 5.74) is 1.84. The molecule has 1 unspecified atom stereocenters. The highest BCUT2D eigenvalue weighted by Gasteiger charge is 2.30. The molecule has 176 valence electrons. The van der Waals surface area contributed by atoms with E-state index in [1.54, 1.807) is 43.5 Å². The number of aryl methyl sites for hydroxylation is 1. The lowest BCUT2D eigenvalue weighted by Gasteiger charge is -2.17. The molecule has 3 aromatic carbocycles. The van der Waals surface area contributed by atoms with E-state index < -0.39 is 11.7 Å². The van der Waals surface area contributed by atoms with Gasteiger partial charge in [-0.05, 0) is 61.9 Å². The van der Waals surface area contributed by atoms with Gasteiger partial charge in [-0.2, -0.15) is 18.3 Å². The molecule has 4 aromatic rings. The van der Waals surface area contributed by atoms with E-state index in [1.165, 1.54) is 10.7 Å². The molecule has 1 heterocycles. The topological polar surface area (TPSA) is 53.4 Å². The highest BCUT2D eigenvalue weighted by molar-refractivity contribution is 5.82. The minimum absolute atomic E-state index is 0.285. The molecule has 4 rings (SSSR count). The van der Waals surface area contributed by atoms with Crippen LogP contribution in [0.15, 0.2) is 66.9 Å². The molecule has 0 saturated carbocycles. The number of hydrogen-bond donors (Lipinski definition) is 0. The summed E-state index contributed by atoms with van der Waals surface area (Å²) in [7, 11) is 0. The normalized spacial score (nSPS) is 12.5. The molecular weight excluding hydrogens is 445 g/mol. The summed E-state index contributed by atoms with van der Waals surface area (Å²) in [6.07, 6.45) is -2.81. The Bertz CT molecular complexity index is 1340. The van der Waals surface area contributed by atoms with Gasteiger partial charge in [-0.25, -0.2) is 4.68 Å². The van der Waals surface area contributed by atoms with Gasteiger partial charge in [0.1, 0.15) is 17.6 Å². The molecule has 0 aliphatic rings. The number of hydrogen-bond acceptors (Lipinski definition) is 4. The Labute approximate surface area is 194 Å². The Hall–Kier alpha value is -3.81. The first kappa shape index (κ1) is 23.4. The maximum Gasteiger partial charge on any atom is 0.416 e. The van der Waals surface area contributed by atoms with Crippen molar-refractivity contribution < 1.29 is 27.4 Å². The Kier molecular flexibility index (Phi) is 6.32. The summed E-state index contributed by atoms with van der Waals surface area (Å²) < 4.78 is 52.2. The van der Waals surface area contributed by atoms with Crippen molar-refractivity contribution in [2.75, 3.05) is 0 Å². The van der Waals surface area contributed by atoms with Gasteiger partial charge in [0.25, 0.3) is 0 Å². The SMILES string of the molecule is CCC(=O)Oc1ccc(OC(C)c2cccc3nn(-c4cccc(C(F)(F)F)c4)cc23)cc1C. The van der Waals surface area contributed by atoms with Crippen molar-refractivity contribution in [3.05, 3.63) is 83.6 Å². The van der Waals surface area contributed by atoms with Crippen LogP contribution in [0.5, 0.6) is 11.5 Å². The highest BCUT2D eigenvalue weighted by atomic mass is 19.4. The van der Waals surface area contributed by atoms with Crippen LogP contribution in [0.25, 0.3) is 16.6 Å². The number of nitrogens with zero attached hydrogens (tertiary/aromatic N) is 2. The van der Waals surface area contributed by atoms with Crippen molar-refractivity contribution in [1.29, 1.82) is 0 Å². The van der Waals surface area contributed by atoms with Crippen LogP contribution in [0.3, 0.4) is 0 Å². The molecular formula is C26H23F3N2O3. The second kappa shape index (κ2) is 9.21. The first-order valence-corrected chi connectivity index (χ1v) is 10.8. The van der Waals surface area contributed by atoms with Gasteiger partial charge in [-0.15, -0.1) is 0 Å². The van der Waals surface area contributed by atoms with Crippen LogP contribution in [-0.2, 0) is 11.0 Å². The zero-order valence-electron chi connectivity index (χ0n) is 18.9. The van der Waals surface area contributed by atoms with Crippen LogP contribution in [0.2, 0.25) is 0 Å². The summed E-state index contributed by atoms with van der Waals surface area (Å²) >= 11 is 0. The van der Waals surface area contributed by atoms with Crippen molar-refractivity contribution in [3.63, 3.8) is 0 Å².